The third-order valence-corrected chi connectivity index (χ3v) is 6.15. The van der Waals surface area contributed by atoms with Gasteiger partial charge in [0.15, 0.2) is 0 Å². The van der Waals surface area contributed by atoms with E-state index in [-0.39, 0.29) is 5.91 Å². The van der Waals surface area contributed by atoms with E-state index in [4.69, 9.17) is 9.31 Å². The van der Waals surface area contributed by atoms with Crippen molar-refractivity contribution in [3.8, 4) is 0 Å². The summed E-state index contributed by atoms with van der Waals surface area (Å²) >= 11 is 0. The minimum atomic E-state index is -0.458. The van der Waals surface area contributed by atoms with E-state index in [2.05, 4.69) is 13.8 Å². The molecule has 1 aliphatic heterocycles. The Labute approximate surface area is 165 Å². The Kier molecular flexibility index (Phi) is 6.85. The highest BCUT2D eigenvalue weighted by molar-refractivity contribution is 6.61. The van der Waals surface area contributed by atoms with Crippen molar-refractivity contribution >= 4 is 18.6 Å². The molecule has 0 aliphatic carbocycles. The number of carbonyl (C=O) groups is 1. The van der Waals surface area contributed by atoms with Crippen LogP contribution in [0.15, 0.2) is 6.07 Å². The second kappa shape index (κ2) is 8.40. The van der Waals surface area contributed by atoms with Gasteiger partial charge in [-0.15, -0.1) is 0 Å². The molecule has 1 fully saturated rings. The van der Waals surface area contributed by atoms with Crippen LogP contribution in [0.2, 0.25) is 0 Å². The molecule has 152 valence electrons. The van der Waals surface area contributed by atoms with Crippen molar-refractivity contribution in [3.63, 3.8) is 0 Å². The van der Waals surface area contributed by atoms with Crippen molar-refractivity contribution in [1.82, 2.24) is 9.47 Å². The van der Waals surface area contributed by atoms with Crippen LogP contribution < -0.4 is 5.59 Å². The van der Waals surface area contributed by atoms with E-state index in [1.54, 1.807) is 0 Å². The van der Waals surface area contributed by atoms with E-state index in [0.29, 0.717) is 0 Å². The Balaban J connectivity index is 2.29. The zero-order valence-electron chi connectivity index (χ0n) is 18.5. The van der Waals surface area contributed by atoms with Crippen LogP contribution in [0.25, 0.3) is 0 Å². The van der Waals surface area contributed by atoms with Crippen molar-refractivity contribution in [3.05, 3.63) is 17.3 Å². The summed E-state index contributed by atoms with van der Waals surface area (Å²) in [7, 11) is 1.52. The molecule has 0 saturated carbocycles. The third-order valence-electron chi connectivity index (χ3n) is 6.15. The number of hydrogen-bond donors (Lipinski definition) is 0. The van der Waals surface area contributed by atoms with Crippen molar-refractivity contribution < 1.29 is 14.1 Å². The van der Waals surface area contributed by atoms with Gasteiger partial charge in [0.1, 0.15) is 0 Å². The van der Waals surface area contributed by atoms with Crippen LogP contribution in [0.4, 0.5) is 0 Å². The number of amides is 1. The predicted octanol–water partition coefficient (Wildman–Crippen LogP) is 3.68. The van der Waals surface area contributed by atoms with Gasteiger partial charge in [-0.05, 0) is 53.5 Å². The molecule has 2 rings (SSSR count). The highest BCUT2D eigenvalue weighted by atomic mass is 16.7. The second-order valence-corrected chi connectivity index (χ2v) is 8.71. The lowest BCUT2D eigenvalue weighted by atomic mass is 9.84. The molecular weight excluding hydrogens is 339 g/mol. The summed E-state index contributed by atoms with van der Waals surface area (Å²) in [4.78, 5) is 15.2. The average Bonchev–Trinajstić information content (AvgIpc) is 3.00. The first-order chi connectivity index (χ1) is 12.6. The molecule has 0 atom stereocenters. The number of carbonyl (C=O) groups excluding carboxylic acids is 1. The topological polar surface area (TPSA) is 43.7 Å². The molecule has 0 bridgehead atoms. The fourth-order valence-corrected chi connectivity index (χ4v) is 3.31. The Morgan fingerprint density at radius 2 is 1.56 bits per heavy atom. The van der Waals surface area contributed by atoms with Crippen LogP contribution in [0, 0.1) is 6.92 Å². The monoisotopic (exact) mass is 376 g/mol. The van der Waals surface area contributed by atoms with Crippen LogP contribution in [-0.4, -0.2) is 46.8 Å². The Morgan fingerprint density at radius 1 is 1.07 bits per heavy atom. The van der Waals surface area contributed by atoms with E-state index in [9.17, 15) is 4.79 Å². The highest BCUT2D eigenvalue weighted by Gasteiger charge is 2.52. The normalized spacial score (nSPS) is 18.1. The van der Waals surface area contributed by atoms with Crippen molar-refractivity contribution in [2.24, 2.45) is 7.05 Å². The quantitative estimate of drug-likeness (QED) is 0.650. The minimum Gasteiger partial charge on any atom is -0.398 e. The lowest BCUT2D eigenvalue weighted by molar-refractivity contribution is 0.00578. The van der Waals surface area contributed by atoms with E-state index in [0.717, 1.165) is 55.6 Å². The van der Waals surface area contributed by atoms with Gasteiger partial charge in [-0.2, -0.15) is 0 Å². The standard InChI is InChI=1S/C21H37BN2O3/c1-9-11-13-24(14-12-10-2)19(25)17-15-18(23(8)16(17)3)22-26-20(4,5)21(6,7)27-22/h15H,9-14H2,1-8H3. The highest BCUT2D eigenvalue weighted by Crippen LogP contribution is 2.36. The number of hydrogen-bond acceptors (Lipinski definition) is 3. The van der Waals surface area contributed by atoms with Crippen LogP contribution in [0.3, 0.4) is 0 Å². The average molecular weight is 376 g/mol. The zero-order valence-corrected chi connectivity index (χ0v) is 18.5. The molecule has 5 nitrogen and oxygen atoms in total. The van der Waals surface area contributed by atoms with Crippen molar-refractivity contribution in [2.75, 3.05) is 13.1 Å². The van der Waals surface area contributed by atoms with E-state index in [1.807, 2.05) is 57.2 Å². The van der Waals surface area contributed by atoms with Crippen molar-refractivity contribution in [2.45, 2.75) is 85.4 Å². The molecule has 0 aromatic carbocycles. The van der Waals surface area contributed by atoms with Crippen molar-refractivity contribution in [1.29, 1.82) is 0 Å². The number of aromatic nitrogens is 1. The lowest BCUT2D eigenvalue weighted by Gasteiger charge is -2.32. The minimum absolute atomic E-state index is 0.118. The van der Waals surface area contributed by atoms with Gasteiger partial charge in [0.2, 0.25) is 0 Å². The van der Waals surface area contributed by atoms with Crippen LogP contribution in [0.5, 0.6) is 0 Å². The molecule has 0 N–H and O–H groups in total. The number of unbranched alkanes of at least 4 members (excludes halogenated alkanes) is 2. The van der Waals surface area contributed by atoms with Crippen LogP contribution in [0.1, 0.15) is 83.3 Å². The van der Waals surface area contributed by atoms with E-state index >= 15 is 0 Å². The summed E-state index contributed by atoms with van der Waals surface area (Å²) in [6.07, 6.45) is 4.24. The molecule has 6 heteroatoms. The molecule has 0 spiro atoms. The first-order valence-electron chi connectivity index (χ1n) is 10.4. The van der Waals surface area contributed by atoms with Gasteiger partial charge in [0.25, 0.3) is 5.91 Å². The maximum atomic E-state index is 13.2. The fourth-order valence-electron chi connectivity index (χ4n) is 3.31. The molecule has 2 heterocycles. The summed E-state index contributed by atoms with van der Waals surface area (Å²) in [5.41, 5.74) is 1.83. The molecule has 0 radical (unpaired) electrons. The summed E-state index contributed by atoms with van der Waals surface area (Å²) in [5.74, 6) is 0.118. The van der Waals surface area contributed by atoms with Gasteiger partial charge >= 0.3 is 7.12 Å². The van der Waals surface area contributed by atoms with Crippen LogP contribution in [-0.2, 0) is 16.4 Å². The van der Waals surface area contributed by atoms with Gasteiger partial charge in [-0.1, -0.05) is 26.7 Å². The molecule has 27 heavy (non-hydrogen) atoms. The predicted molar refractivity (Wildman–Crippen MR) is 112 cm³/mol. The smallest absolute Gasteiger partial charge is 0.398 e. The van der Waals surface area contributed by atoms with Gasteiger partial charge in [0.05, 0.1) is 16.8 Å². The van der Waals surface area contributed by atoms with E-state index in [1.165, 1.54) is 0 Å². The lowest BCUT2D eigenvalue weighted by Crippen LogP contribution is -2.41. The van der Waals surface area contributed by atoms with Gasteiger partial charge in [0, 0.05) is 31.4 Å². The Hall–Kier alpha value is -1.27. The van der Waals surface area contributed by atoms with Gasteiger partial charge in [-0.25, -0.2) is 0 Å². The molecule has 0 unspecified atom stereocenters. The summed E-state index contributed by atoms with van der Waals surface area (Å²) < 4.78 is 14.4. The molecule has 1 aromatic rings. The summed E-state index contributed by atoms with van der Waals surface area (Å²) in [6, 6.07) is 1.96. The van der Waals surface area contributed by atoms with Gasteiger partial charge in [-0.3, -0.25) is 4.79 Å². The fraction of sp³-hybridized carbons (Fsp3) is 0.762. The molecule has 1 saturated heterocycles. The van der Waals surface area contributed by atoms with Crippen LogP contribution >= 0.6 is 0 Å². The SMILES string of the molecule is CCCCN(CCCC)C(=O)c1cc(B2OC(C)(C)C(C)(C)O2)n(C)c1C. The molecule has 1 amide bonds. The zero-order chi connectivity index (χ0) is 20.4. The maximum Gasteiger partial charge on any atom is 0.512 e. The van der Waals surface area contributed by atoms with Gasteiger partial charge < -0.3 is 18.8 Å². The second-order valence-electron chi connectivity index (χ2n) is 8.71. The maximum absolute atomic E-state index is 13.2. The van der Waals surface area contributed by atoms with E-state index < -0.39 is 18.3 Å². The Morgan fingerprint density at radius 3 is 2.00 bits per heavy atom. The summed E-state index contributed by atoms with van der Waals surface area (Å²) in [5, 5.41) is 0. The third kappa shape index (κ3) is 4.43. The molecule has 1 aliphatic rings. The largest absolute Gasteiger partial charge is 0.512 e. The number of rotatable bonds is 8. The Bertz CT molecular complexity index is 643. The summed E-state index contributed by atoms with van der Waals surface area (Å²) in [6.45, 7) is 16.1. The molecule has 1 aromatic heterocycles. The molecular formula is C21H37BN2O3. The number of nitrogens with zero attached hydrogens (tertiary/aromatic N) is 2. The first kappa shape index (κ1) is 22.0. The first-order valence-corrected chi connectivity index (χ1v) is 10.4.